The maximum absolute atomic E-state index is 3.45. The standard InChI is InChI=1S/C16H21NS/c1-5-13-9-10-15(18-13)16(17-4)14-8-6-7-11(2)12(14)3/h6-10,16-17H,5H2,1-4H3. The van der Waals surface area contributed by atoms with E-state index in [2.05, 4.69) is 56.4 Å². The van der Waals surface area contributed by atoms with Crippen molar-refractivity contribution in [2.75, 3.05) is 7.05 Å². The van der Waals surface area contributed by atoms with Crippen LogP contribution in [0.3, 0.4) is 0 Å². The van der Waals surface area contributed by atoms with Crippen LogP contribution in [0, 0.1) is 13.8 Å². The zero-order valence-electron chi connectivity index (χ0n) is 11.6. The van der Waals surface area contributed by atoms with E-state index in [1.54, 1.807) is 0 Å². The lowest BCUT2D eigenvalue weighted by Crippen LogP contribution is -2.17. The summed E-state index contributed by atoms with van der Waals surface area (Å²) in [5.74, 6) is 0. The van der Waals surface area contributed by atoms with Crippen molar-refractivity contribution in [1.29, 1.82) is 0 Å². The van der Waals surface area contributed by atoms with Crippen LogP contribution in [0.4, 0.5) is 0 Å². The zero-order chi connectivity index (χ0) is 13.1. The van der Waals surface area contributed by atoms with E-state index in [1.807, 2.05) is 18.4 Å². The minimum absolute atomic E-state index is 0.315. The number of thiophene rings is 1. The Morgan fingerprint density at radius 3 is 2.56 bits per heavy atom. The average molecular weight is 259 g/mol. The quantitative estimate of drug-likeness (QED) is 0.866. The maximum atomic E-state index is 3.45. The predicted molar refractivity (Wildman–Crippen MR) is 80.5 cm³/mol. The first kappa shape index (κ1) is 13.3. The Labute approximate surface area is 114 Å². The van der Waals surface area contributed by atoms with Gasteiger partial charge >= 0.3 is 0 Å². The van der Waals surface area contributed by atoms with E-state index in [0.29, 0.717) is 6.04 Å². The molecular formula is C16H21NS. The molecule has 1 atom stereocenters. The van der Waals surface area contributed by atoms with Crippen molar-refractivity contribution in [2.45, 2.75) is 33.2 Å². The summed E-state index contributed by atoms with van der Waals surface area (Å²) in [4.78, 5) is 2.86. The van der Waals surface area contributed by atoms with Gasteiger partial charge in [-0.25, -0.2) is 0 Å². The third-order valence-electron chi connectivity index (χ3n) is 3.56. The van der Waals surface area contributed by atoms with Crippen molar-refractivity contribution in [1.82, 2.24) is 5.32 Å². The van der Waals surface area contributed by atoms with Crippen LogP contribution in [-0.4, -0.2) is 7.05 Å². The van der Waals surface area contributed by atoms with Crippen LogP contribution in [0.25, 0.3) is 0 Å². The van der Waals surface area contributed by atoms with Gasteiger partial charge in [0.25, 0.3) is 0 Å². The number of hydrogen-bond donors (Lipinski definition) is 1. The Bertz CT molecular complexity index is 528. The van der Waals surface area contributed by atoms with Gasteiger partial charge in [-0.1, -0.05) is 25.1 Å². The second-order valence-electron chi connectivity index (χ2n) is 4.67. The molecule has 1 N–H and O–H groups in total. The average Bonchev–Trinajstić information content (AvgIpc) is 2.84. The minimum Gasteiger partial charge on any atom is -0.309 e. The fraction of sp³-hybridized carbons (Fsp3) is 0.375. The highest BCUT2D eigenvalue weighted by atomic mass is 32.1. The summed E-state index contributed by atoms with van der Waals surface area (Å²) in [6, 6.07) is 11.4. The zero-order valence-corrected chi connectivity index (χ0v) is 12.4. The van der Waals surface area contributed by atoms with Gasteiger partial charge in [-0.3, -0.25) is 0 Å². The fourth-order valence-corrected chi connectivity index (χ4v) is 3.36. The molecule has 2 aromatic rings. The molecule has 0 saturated carbocycles. The van der Waals surface area contributed by atoms with Gasteiger partial charge in [0.1, 0.15) is 0 Å². The first-order valence-corrected chi connectivity index (χ1v) is 7.31. The summed E-state index contributed by atoms with van der Waals surface area (Å²) in [5, 5.41) is 3.45. The number of hydrogen-bond acceptors (Lipinski definition) is 2. The molecule has 0 aliphatic carbocycles. The van der Waals surface area contributed by atoms with Crippen LogP contribution < -0.4 is 5.32 Å². The van der Waals surface area contributed by atoms with Crippen LogP contribution in [0.1, 0.15) is 39.4 Å². The topological polar surface area (TPSA) is 12.0 Å². The smallest absolute Gasteiger partial charge is 0.0671 e. The lowest BCUT2D eigenvalue weighted by Gasteiger charge is -2.18. The molecular weight excluding hydrogens is 238 g/mol. The van der Waals surface area contributed by atoms with Gasteiger partial charge in [0.05, 0.1) is 6.04 Å². The van der Waals surface area contributed by atoms with Crippen molar-refractivity contribution in [3.8, 4) is 0 Å². The molecule has 1 nitrogen and oxygen atoms in total. The molecule has 1 heterocycles. The molecule has 2 heteroatoms. The third-order valence-corrected chi connectivity index (χ3v) is 4.86. The summed E-state index contributed by atoms with van der Waals surface area (Å²) in [6.07, 6.45) is 1.12. The van der Waals surface area contributed by atoms with E-state index in [0.717, 1.165) is 6.42 Å². The molecule has 1 aromatic heterocycles. The Morgan fingerprint density at radius 1 is 1.17 bits per heavy atom. The molecule has 0 spiro atoms. The van der Waals surface area contributed by atoms with Gasteiger partial charge in [0.15, 0.2) is 0 Å². The first-order chi connectivity index (χ1) is 8.67. The predicted octanol–water partition coefficient (Wildman–Crippen LogP) is 4.24. The van der Waals surface area contributed by atoms with E-state index in [4.69, 9.17) is 0 Å². The van der Waals surface area contributed by atoms with Crippen molar-refractivity contribution in [3.05, 3.63) is 56.8 Å². The molecule has 18 heavy (non-hydrogen) atoms. The van der Waals surface area contributed by atoms with Crippen molar-refractivity contribution in [3.63, 3.8) is 0 Å². The summed E-state index contributed by atoms with van der Waals surface area (Å²) >= 11 is 1.91. The van der Waals surface area contributed by atoms with Crippen LogP contribution in [0.15, 0.2) is 30.3 Å². The van der Waals surface area contributed by atoms with Gasteiger partial charge in [0.2, 0.25) is 0 Å². The van der Waals surface area contributed by atoms with Crippen molar-refractivity contribution < 1.29 is 0 Å². The monoisotopic (exact) mass is 259 g/mol. The third kappa shape index (κ3) is 2.50. The fourth-order valence-electron chi connectivity index (χ4n) is 2.28. The second kappa shape index (κ2) is 5.68. The number of benzene rings is 1. The molecule has 0 saturated heterocycles. The van der Waals surface area contributed by atoms with E-state index < -0.39 is 0 Å². The summed E-state index contributed by atoms with van der Waals surface area (Å²) < 4.78 is 0. The highest BCUT2D eigenvalue weighted by Gasteiger charge is 2.16. The molecule has 0 amide bonds. The van der Waals surface area contributed by atoms with E-state index in [9.17, 15) is 0 Å². The Balaban J connectivity index is 2.41. The maximum Gasteiger partial charge on any atom is 0.0671 e. The molecule has 96 valence electrons. The second-order valence-corrected chi connectivity index (χ2v) is 5.87. The van der Waals surface area contributed by atoms with Crippen LogP contribution in [0.2, 0.25) is 0 Å². The molecule has 0 bridgehead atoms. The molecule has 0 fully saturated rings. The van der Waals surface area contributed by atoms with Crippen LogP contribution in [0.5, 0.6) is 0 Å². The summed E-state index contributed by atoms with van der Waals surface area (Å²) in [5.41, 5.74) is 4.14. The van der Waals surface area contributed by atoms with Gasteiger partial charge in [-0.15, -0.1) is 11.3 Å². The SMILES string of the molecule is CCc1ccc(C(NC)c2cccc(C)c2C)s1. The van der Waals surface area contributed by atoms with Gasteiger partial charge in [-0.05, 0) is 56.1 Å². The first-order valence-electron chi connectivity index (χ1n) is 6.49. The lowest BCUT2D eigenvalue weighted by atomic mass is 9.96. The number of aryl methyl sites for hydroxylation is 2. The largest absolute Gasteiger partial charge is 0.309 e. The molecule has 1 unspecified atom stereocenters. The Kier molecular flexibility index (Phi) is 4.20. The molecule has 2 rings (SSSR count). The van der Waals surface area contributed by atoms with Gasteiger partial charge in [-0.2, -0.15) is 0 Å². The minimum atomic E-state index is 0.315. The number of nitrogens with one attached hydrogen (secondary N) is 1. The lowest BCUT2D eigenvalue weighted by molar-refractivity contribution is 0.698. The summed E-state index contributed by atoms with van der Waals surface area (Å²) in [7, 11) is 2.04. The van der Waals surface area contributed by atoms with Gasteiger partial charge in [0, 0.05) is 9.75 Å². The van der Waals surface area contributed by atoms with Crippen molar-refractivity contribution in [2.24, 2.45) is 0 Å². The number of rotatable bonds is 4. The van der Waals surface area contributed by atoms with E-state index in [1.165, 1.54) is 26.4 Å². The molecule has 0 aliphatic heterocycles. The molecule has 0 aliphatic rings. The highest BCUT2D eigenvalue weighted by Crippen LogP contribution is 2.31. The summed E-state index contributed by atoms with van der Waals surface area (Å²) in [6.45, 7) is 6.60. The highest BCUT2D eigenvalue weighted by molar-refractivity contribution is 7.12. The molecule has 0 radical (unpaired) electrons. The Morgan fingerprint density at radius 2 is 1.94 bits per heavy atom. The normalized spacial score (nSPS) is 12.7. The van der Waals surface area contributed by atoms with E-state index >= 15 is 0 Å². The van der Waals surface area contributed by atoms with Crippen molar-refractivity contribution >= 4 is 11.3 Å². The molecule has 1 aromatic carbocycles. The van der Waals surface area contributed by atoms with Crippen LogP contribution in [-0.2, 0) is 6.42 Å². The van der Waals surface area contributed by atoms with Crippen LogP contribution >= 0.6 is 11.3 Å². The Hall–Kier alpha value is -1.12. The van der Waals surface area contributed by atoms with E-state index in [-0.39, 0.29) is 0 Å². The van der Waals surface area contributed by atoms with Gasteiger partial charge < -0.3 is 5.32 Å².